The Morgan fingerprint density at radius 1 is 1.21 bits per heavy atom. The lowest BCUT2D eigenvalue weighted by Gasteiger charge is -2.31. The van der Waals surface area contributed by atoms with Crippen LogP contribution in [0.4, 0.5) is 5.69 Å². The number of hydrogen-bond acceptors (Lipinski definition) is 9. The van der Waals surface area contributed by atoms with E-state index in [1.54, 1.807) is 28.8 Å². The lowest BCUT2D eigenvalue weighted by atomic mass is 10.1. The van der Waals surface area contributed by atoms with E-state index in [0.717, 1.165) is 11.5 Å². The second kappa shape index (κ2) is 7.64. The molecule has 0 bridgehead atoms. The summed E-state index contributed by atoms with van der Waals surface area (Å²) in [6.07, 6.45) is -2.67. The number of ether oxygens (including phenoxy) is 1. The largest absolute Gasteiger partial charge is 0.508 e. The highest BCUT2D eigenvalue weighted by Crippen LogP contribution is 2.28. The van der Waals surface area contributed by atoms with Crippen LogP contribution in [0.2, 0.25) is 0 Å². The fourth-order valence-electron chi connectivity index (χ4n) is 3.56. The number of nitrogens with zero attached hydrogens (tertiary/aromatic N) is 4. The van der Waals surface area contributed by atoms with Gasteiger partial charge in [0, 0.05) is 11.7 Å². The Morgan fingerprint density at radius 3 is 2.55 bits per heavy atom. The Balaban J connectivity index is 1.78. The molecule has 1 aromatic carbocycles. The number of phenolic OH excluding ortho intramolecular Hbond substituents is 1. The number of phenols is 1. The molecule has 10 nitrogen and oxygen atoms in total. The molecule has 1 saturated heterocycles. The van der Waals surface area contributed by atoms with Gasteiger partial charge in [0.05, 0.1) is 12.9 Å². The number of aliphatic hydroxyl groups excluding tert-OH is 3. The van der Waals surface area contributed by atoms with Gasteiger partial charge in [-0.3, -0.25) is 4.57 Å². The van der Waals surface area contributed by atoms with Crippen molar-refractivity contribution in [3.05, 3.63) is 41.4 Å². The highest BCUT2D eigenvalue weighted by atomic mass is 16.6. The van der Waals surface area contributed by atoms with E-state index in [1.165, 1.54) is 6.33 Å². The van der Waals surface area contributed by atoms with Crippen molar-refractivity contribution in [1.29, 1.82) is 0 Å². The van der Waals surface area contributed by atoms with Gasteiger partial charge in [-0.25, -0.2) is 9.98 Å². The number of benzene rings is 1. The zero-order chi connectivity index (χ0) is 20.7. The number of imidazole rings is 1. The Kier molecular flexibility index (Phi) is 5.17. The van der Waals surface area contributed by atoms with E-state index in [1.807, 2.05) is 18.7 Å². The Hall–Kier alpha value is -2.66. The van der Waals surface area contributed by atoms with Crippen LogP contribution in [0.1, 0.15) is 20.1 Å². The molecular formula is C19H25N5O5. The first kappa shape index (κ1) is 19.6. The summed E-state index contributed by atoms with van der Waals surface area (Å²) in [5, 5.41) is 43.2. The van der Waals surface area contributed by atoms with Crippen LogP contribution in [0.25, 0.3) is 5.82 Å². The summed E-state index contributed by atoms with van der Waals surface area (Å²) >= 11 is 0. The van der Waals surface area contributed by atoms with Crippen molar-refractivity contribution in [2.24, 2.45) is 4.99 Å². The number of aliphatic hydroxyl groups is 3. The van der Waals surface area contributed by atoms with E-state index in [-0.39, 0.29) is 11.8 Å². The molecule has 3 heterocycles. The van der Waals surface area contributed by atoms with Gasteiger partial charge >= 0.3 is 0 Å². The quantitative estimate of drug-likeness (QED) is 0.388. The molecule has 156 valence electrons. The first-order chi connectivity index (χ1) is 13.9. The summed E-state index contributed by atoms with van der Waals surface area (Å²) in [6.45, 7) is 4.05. The van der Waals surface area contributed by atoms with Crippen LogP contribution in [0.15, 0.2) is 35.6 Å². The Bertz CT molecular complexity index is 989. The molecule has 2 aliphatic rings. The molecule has 1 aromatic heterocycles. The third kappa shape index (κ3) is 3.44. The monoisotopic (exact) mass is 403 g/mol. The molecule has 0 spiro atoms. The number of fused-ring (bicyclic) bond motifs is 1. The number of rotatable bonds is 5. The zero-order valence-electron chi connectivity index (χ0n) is 16.2. The van der Waals surface area contributed by atoms with Crippen LogP contribution in [0, 0.1) is 0 Å². The summed E-state index contributed by atoms with van der Waals surface area (Å²) in [4.78, 5) is 11.1. The smallest absolute Gasteiger partial charge is 0.165 e. The maximum atomic E-state index is 10.4. The maximum absolute atomic E-state index is 10.4. The molecule has 29 heavy (non-hydrogen) atoms. The van der Waals surface area contributed by atoms with Gasteiger partial charge in [0.2, 0.25) is 0 Å². The lowest BCUT2D eigenvalue weighted by molar-refractivity contribution is -0.0546. The minimum absolute atomic E-state index is 0.144. The number of aromatic hydroxyl groups is 1. The lowest BCUT2D eigenvalue weighted by Crippen LogP contribution is -2.48. The van der Waals surface area contributed by atoms with Gasteiger partial charge in [-0.1, -0.05) is 0 Å². The van der Waals surface area contributed by atoms with Gasteiger partial charge in [-0.15, -0.1) is 0 Å². The molecule has 0 unspecified atom stereocenters. The normalized spacial score (nSPS) is 26.6. The molecule has 0 radical (unpaired) electrons. The van der Waals surface area contributed by atoms with Gasteiger partial charge in [0.15, 0.2) is 11.7 Å². The first-order valence-corrected chi connectivity index (χ1v) is 9.47. The molecule has 0 amide bonds. The second-order valence-electron chi connectivity index (χ2n) is 7.44. The summed E-state index contributed by atoms with van der Waals surface area (Å²) in [7, 11) is 0. The molecule has 2 aliphatic heterocycles. The van der Waals surface area contributed by atoms with Crippen molar-refractivity contribution < 1.29 is 25.2 Å². The summed E-state index contributed by atoms with van der Waals surface area (Å²) in [5.41, 5.74) is 1.29. The third-order valence-corrected chi connectivity index (χ3v) is 5.20. The highest BCUT2D eigenvalue weighted by Gasteiger charge is 2.44. The van der Waals surface area contributed by atoms with Crippen LogP contribution >= 0.6 is 0 Å². The van der Waals surface area contributed by atoms with Crippen LogP contribution in [-0.2, 0) is 4.74 Å². The molecule has 1 fully saturated rings. The predicted molar refractivity (Wildman–Crippen MR) is 103 cm³/mol. The zero-order valence-corrected chi connectivity index (χ0v) is 16.2. The van der Waals surface area contributed by atoms with Crippen molar-refractivity contribution >= 4 is 11.5 Å². The van der Waals surface area contributed by atoms with E-state index in [0.29, 0.717) is 17.5 Å². The molecule has 10 heteroatoms. The van der Waals surface area contributed by atoms with Gasteiger partial charge in [-0.2, -0.15) is 0 Å². The molecular weight excluding hydrogens is 378 g/mol. The van der Waals surface area contributed by atoms with E-state index < -0.39 is 31.1 Å². The highest BCUT2D eigenvalue weighted by molar-refractivity contribution is 5.63. The molecule has 0 saturated carbocycles. The van der Waals surface area contributed by atoms with Crippen molar-refractivity contribution in [3.63, 3.8) is 0 Å². The molecule has 2 aromatic rings. The molecule has 4 rings (SSSR count). The van der Waals surface area contributed by atoms with E-state index >= 15 is 0 Å². The minimum atomic E-state index is -1.21. The summed E-state index contributed by atoms with van der Waals surface area (Å²) < 4.78 is 7.21. The Labute approximate surface area is 167 Å². The van der Waals surface area contributed by atoms with Gasteiger partial charge in [0.25, 0.3) is 0 Å². The van der Waals surface area contributed by atoms with E-state index in [4.69, 9.17) is 4.74 Å². The SMILES string of the molecule is CC(C)N1CN=c2c(ncn2[C@@H]2O[C@H](CO)[C@@H](O)[C@H]2O)=C1Nc1ccc(O)cc1. The summed E-state index contributed by atoms with van der Waals surface area (Å²) in [6, 6.07) is 6.85. The topological polar surface area (TPSA) is 136 Å². The van der Waals surface area contributed by atoms with Crippen molar-refractivity contribution in [3.8, 4) is 5.75 Å². The summed E-state index contributed by atoms with van der Waals surface area (Å²) in [5.74, 6) is 0.912. The van der Waals surface area contributed by atoms with Crippen molar-refractivity contribution in [1.82, 2.24) is 14.5 Å². The van der Waals surface area contributed by atoms with Crippen LogP contribution in [-0.4, -0.2) is 72.5 Å². The number of hydrogen-bond donors (Lipinski definition) is 5. The number of anilines is 1. The average molecular weight is 403 g/mol. The Morgan fingerprint density at radius 2 is 1.93 bits per heavy atom. The van der Waals surface area contributed by atoms with Gasteiger partial charge in [-0.05, 0) is 38.1 Å². The van der Waals surface area contributed by atoms with Crippen molar-refractivity contribution in [2.45, 2.75) is 44.4 Å². The number of nitrogens with one attached hydrogen (secondary N) is 1. The van der Waals surface area contributed by atoms with Crippen molar-refractivity contribution in [2.75, 3.05) is 18.6 Å². The van der Waals surface area contributed by atoms with Crippen LogP contribution in [0.5, 0.6) is 5.75 Å². The predicted octanol–water partition coefficient (Wildman–Crippen LogP) is -1.32. The van der Waals surface area contributed by atoms with Gasteiger partial charge < -0.3 is 35.4 Å². The fourth-order valence-corrected chi connectivity index (χ4v) is 3.56. The van der Waals surface area contributed by atoms with E-state index in [9.17, 15) is 20.4 Å². The number of aromatic nitrogens is 2. The molecule has 5 N–H and O–H groups in total. The van der Waals surface area contributed by atoms with Gasteiger partial charge in [0.1, 0.15) is 41.9 Å². The third-order valence-electron chi connectivity index (χ3n) is 5.20. The minimum Gasteiger partial charge on any atom is -0.508 e. The molecule has 0 aliphatic carbocycles. The van der Waals surface area contributed by atoms with Crippen LogP contribution in [0.3, 0.4) is 0 Å². The average Bonchev–Trinajstić information content (AvgIpc) is 3.25. The standard InChI is InChI=1S/C19H25N5O5/c1-10(2)23-9-21-17-14(18(23)22-11-3-5-12(26)6-4-11)20-8-24(17)19-16(28)15(27)13(7-25)29-19/h3-6,8,10,13,15-16,19,22,25-28H,7,9H2,1-2H3/t13-,15-,16-,19-/m1/s1. The van der Waals surface area contributed by atoms with E-state index in [2.05, 4.69) is 15.3 Å². The second-order valence-corrected chi connectivity index (χ2v) is 7.44. The maximum Gasteiger partial charge on any atom is 0.165 e. The van der Waals surface area contributed by atoms with Crippen LogP contribution < -0.4 is 16.2 Å². The first-order valence-electron chi connectivity index (χ1n) is 9.47. The molecule has 4 atom stereocenters. The fraction of sp³-hybridized carbons (Fsp3) is 0.474.